The molecule has 2 fully saturated rings. The highest BCUT2D eigenvalue weighted by atomic mass is 15.2. The van der Waals surface area contributed by atoms with Crippen molar-refractivity contribution in [2.24, 2.45) is 0 Å². The van der Waals surface area contributed by atoms with Crippen LogP contribution in [0.3, 0.4) is 0 Å². The maximum absolute atomic E-state index is 3.74. The van der Waals surface area contributed by atoms with Gasteiger partial charge in [-0.15, -0.1) is 0 Å². The van der Waals surface area contributed by atoms with Crippen LogP contribution in [0.15, 0.2) is 0 Å². The molecule has 1 aliphatic heterocycles. The van der Waals surface area contributed by atoms with Gasteiger partial charge < -0.3 is 5.32 Å². The third-order valence-electron chi connectivity index (χ3n) is 4.90. The summed E-state index contributed by atoms with van der Waals surface area (Å²) in [5.74, 6) is 0. The molecule has 0 aromatic carbocycles. The highest BCUT2D eigenvalue weighted by Gasteiger charge is 2.29. The molecule has 1 heterocycles. The Morgan fingerprint density at radius 1 is 1.06 bits per heavy atom. The van der Waals surface area contributed by atoms with Gasteiger partial charge in [-0.05, 0) is 58.5 Å². The summed E-state index contributed by atoms with van der Waals surface area (Å²) in [6, 6.07) is 2.47. The molecule has 18 heavy (non-hydrogen) atoms. The Balaban J connectivity index is 1.86. The van der Waals surface area contributed by atoms with Gasteiger partial charge in [0, 0.05) is 18.1 Å². The first-order chi connectivity index (χ1) is 8.81. The van der Waals surface area contributed by atoms with Crippen LogP contribution >= 0.6 is 0 Å². The van der Waals surface area contributed by atoms with E-state index in [9.17, 15) is 0 Å². The number of likely N-dealkylation sites (tertiary alicyclic amines) is 1. The number of hydrogen-bond donors (Lipinski definition) is 1. The number of nitrogens with zero attached hydrogens (tertiary/aromatic N) is 1. The minimum Gasteiger partial charge on any atom is -0.314 e. The minimum atomic E-state index is 0.791. The topological polar surface area (TPSA) is 15.3 Å². The summed E-state index contributed by atoms with van der Waals surface area (Å²) in [5.41, 5.74) is 0. The molecule has 2 aliphatic rings. The van der Waals surface area contributed by atoms with Crippen molar-refractivity contribution in [3.63, 3.8) is 0 Å². The molecule has 1 aliphatic carbocycles. The molecule has 0 amide bonds. The van der Waals surface area contributed by atoms with Crippen LogP contribution in [0.5, 0.6) is 0 Å². The molecule has 1 saturated carbocycles. The van der Waals surface area contributed by atoms with E-state index in [1.165, 1.54) is 70.9 Å². The lowest BCUT2D eigenvalue weighted by molar-refractivity contribution is 0.103. The van der Waals surface area contributed by atoms with Gasteiger partial charge in [0.25, 0.3) is 0 Å². The van der Waals surface area contributed by atoms with E-state index in [0.29, 0.717) is 0 Å². The molecule has 0 aromatic heterocycles. The standard InChI is InChI=1S/C16H32N2/c1-3-11-17-15-9-7-10-16(13-15)18-12-6-4-5-8-14(18)2/h14-17H,3-13H2,1-2H3. The van der Waals surface area contributed by atoms with E-state index >= 15 is 0 Å². The summed E-state index contributed by atoms with van der Waals surface area (Å²) in [4.78, 5) is 2.84. The molecular formula is C16H32N2. The van der Waals surface area contributed by atoms with E-state index in [1.807, 2.05) is 0 Å². The van der Waals surface area contributed by atoms with Gasteiger partial charge in [0.05, 0.1) is 0 Å². The van der Waals surface area contributed by atoms with Gasteiger partial charge in [0.2, 0.25) is 0 Å². The molecule has 0 bridgehead atoms. The minimum absolute atomic E-state index is 0.791. The van der Waals surface area contributed by atoms with Gasteiger partial charge in [-0.2, -0.15) is 0 Å². The van der Waals surface area contributed by atoms with Gasteiger partial charge in [0.15, 0.2) is 0 Å². The zero-order valence-corrected chi connectivity index (χ0v) is 12.5. The SMILES string of the molecule is CCCNC1CCCC(N2CCCCCC2C)C1. The van der Waals surface area contributed by atoms with Crippen LogP contribution in [-0.2, 0) is 0 Å². The van der Waals surface area contributed by atoms with Crippen molar-refractivity contribution < 1.29 is 0 Å². The Morgan fingerprint density at radius 3 is 2.78 bits per heavy atom. The van der Waals surface area contributed by atoms with E-state index in [1.54, 1.807) is 0 Å². The zero-order chi connectivity index (χ0) is 12.8. The fraction of sp³-hybridized carbons (Fsp3) is 1.00. The second kappa shape index (κ2) is 7.49. The largest absolute Gasteiger partial charge is 0.314 e. The van der Waals surface area contributed by atoms with Crippen molar-refractivity contribution in [1.82, 2.24) is 10.2 Å². The Kier molecular flexibility index (Phi) is 5.97. The van der Waals surface area contributed by atoms with Crippen LogP contribution in [0.4, 0.5) is 0 Å². The summed E-state index contributed by atoms with van der Waals surface area (Å²) < 4.78 is 0. The number of hydrogen-bond acceptors (Lipinski definition) is 2. The molecule has 106 valence electrons. The van der Waals surface area contributed by atoms with E-state index in [-0.39, 0.29) is 0 Å². The van der Waals surface area contributed by atoms with Crippen molar-refractivity contribution in [3.05, 3.63) is 0 Å². The summed E-state index contributed by atoms with van der Waals surface area (Å²) in [6.45, 7) is 7.28. The Hall–Kier alpha value is -0.0800. The lowest BCUT2D eigenvalue weighted by Crippen LogP contribution is -2.47. The zero-order valence-electron chi connectivity index (χ0n) is 12.5. The number of rotatable bonds is 4. The van der Waals surface area contributed by atoms with Crippen LogP contribution in [0.25, 0.3) is 0 Å². The molecule has 0 spiro atoms. The van der Waals surface area contributed by atoms with Crippen LogP contribution in [0, 0.1) is 0 Å². The molecule has 2 rings (SSSR count). The third-order valence-corrected chi connectivity index (χ3v) is 4.90. The van der Waals surface area contributed by atoms with Gasteiger partial charge in [-0.1, -0.05) is 26.2 Å². The normalized spacial score (nSPS) is 35.3. The molecule has 2 heteroatoms. The average molecular weight is 252 g/mol. The van der Waals surface area contributed by atoms with Crippen LogP contribution in [0.2, 0.25) is 0 Å². The predicted octanol–water partition coefficient (Wildman–Crippen LogP) is 3.56. The van der Waals surface area contributed by atoms with Crippen molar-refractivity contribution in [3.8, 4) is 0 Å². The molecule has 3 unspecified atom stereocenters. The summed E-state index contributed by atoms with van der Waals surface area (Å²) in [5, 5.41) is 3.74. The van der Waals surface area contributed by atoms with E-state index in [2.05, 4.69) is 24.1 Å². The molecule has 0 aromatic rings. The van der Waals surface area contributed by atoms with Crippen molar-refractivity contribution in [1.29, 1.82) is 0 Å². The first-order valence-electron chi connectivity index (χ1n) is 8.30. The maximum atomic E-state index is 3.74. The fourth-order valence-corrected chi connectivity index (χ4v) is 3.84. The summed E-state index contributed by atoms with van der Waals surface area (Å²) >= 11 is 0. The average Bonchev–Trinajstić information content (AvgIpc) is 2.61. The predicted molar refractivity (Wildman–Crippen MR) is 79.0 cm³/mol. The quantitative estimate of drug-likeness (QED) is 0.823. The second-order valence-electron chi connectivity index (χ2n) is 6.41. The van der Waals surface area contributed by atoms with Crippen LogP contribution in [-0.4, -0.2) is 36.1 Å². The highest BCUT2D eigenvalue weighted by molar-refractivity contribution is 4.87. The number of nitrogens with one attached hydrogen (secondary N) is 1. The molecule has 1 N–H and O–H groups in total. The molecule has 0 radical (unpaired) electrons. The molecular weight excluding hydrogens is 220 g/mol. The lowest BCUT2D eigenvalue weighted by Gasteiger charge is -2.40. The van der Waals surface area contributed by atoms with Gasteiger partial charge >= 0.3 is 0 Å². The van der Waals surface area contributed by atoms with E-state index in [4.69, 9.17) is 0 Å². The van der Waals surface area contributed by atoms with Crippen LogP contribution in [0.1, 0.15) is 71.6 Å². The fourth-order valence-electron chi connectivity index (χ4n) is 3.84. The van der Waals surface area contributed by atoms with Gasteiger partial charge in [-0.25, -0.2) is 0 Å². The van der Waals surface area contributed by atoms with Crippen LogP contribution < -0.4 is 5.32 Å². The van der Waals surface area contributed by atoms with E-state index in [0.717, 1.165) is 18.1 Å². The molecule has 1 saturated heterocycles. The Morgan fingerprint density at radius 2 is 1.94 bits per heavy atom. The van der Waals surface area contributed by atoms with Crippen molar-refractivity contribution in [2.45, 2.75) is 89.8 Å². The molecule has 2 nitrogen and oxygen atoms in total. The van der Waals surface area contributed by atoms with E-state index < -0.39 is 0 Å². The van der Waals surface area contributed by atoms with Gasteiger partial charge in [0.1, 0.15) is 0 Å². The Bertz CT molecular complexity index is 229. The smallest absolute Gasteiger partial charge is 0.0113 e. The summed E-state index contributed by atoms with van der Waals surface area (Å²) in [7, 11) is 0. The summed E-state index contributed by atoms with van der Waals surface area (Å²) in [6.07, 6.45) is 12.7. The highest BCUT2D eigenvalue weighted by Crippen LogP contribution is 2.28. The first kappa shape index (κ1) is 14.3. The monoisotopic (exact) mass is 252 g/mol. The second-order valence-corrected chi connectivity index (χ2v) is 6.41. The maximum Gasteiger partial charge on any atom is 0.0113 e. The van der Waals surface area contributed by atoms with Crippen molar-refractivity contribution >= 4 is 0 Å². The third kappa shape index (κ3) is 3.96. The van der Waals surface area contributed by atoms with Crippen molar-refractivity contribution in [2.75, 3.05) is 13.1 Å². The lowest BCUT2D eigenvalue weighted by atomic mass is 9.89. The Labute approximate surface area is 114 Å². The molecule has 3 atom stereocenters. The first-order valence-corrected chi connectivity index (χ1v) is 8.30. The van der Waals surface area contributed by atoms with Gasteiger partial charge in [-0.3, -0.25) is 4.90 Å².